The molecule has 0 aliphatic rings. The summed E-state index contributed by atoms with van der Waals surface area (Å²) < 4.78 is 2.89. The maximum absolute atomic E-state index is 13.2. The van der Waals surface area contributed by atoms with Crippen molar-refractivity contribution in [1.29, 1.82) is 0 Å². The predicted octanol–water partition coefficient (Wildman–Crippen LogP) is 3.24. The summed E-state index contributed by atoms with van der Waals surface area (Å²) in [5.41, 5.74) is 2.40. The van der Waals surface area contributed by atoms with Gasteiger partial charge in [-0.1, -0.05) is 48.5 Å². The Morgan fingerprint density at radius 3 is 2.30 bits per heavy atom. The summed E-state index contributed by atoms with van der Waals surface area (Å²) in [5, 5.41) is 0. The van der Waals surface area contributed by atoms with E-state index in [-0.39, 0.29) is 24.2 Å². The van der Waals surface area contributed by atoms with Crippen LogP contribution in [0.1, 0.15) is 13.8 Å². The molecule has 2 aromatic carbocycles. The number of benzene rings is 2. The monoisotopic (exact) mass is 401 g/mol. The quantitative estimate of drug-likeness (QED) is 0.515. The third-order valence-corrected chi connectivity index (χ3v) is 5.02. The number of aromatic nitrogens is 4. The Morgan fingerprint density at radius 2 is 1.67 bits per heavy atom. The summed E-state index contributed by atoms with van der Waals surface area (Å²) in [4.78, 5) is 36.8. The van der Waals surface area contributed by atoms with E-state index in [0.29, 0.717) is 17.0 Å². The summed E-state index contributed by atoms with van der Waals surface area (Å²) in [6, 6.07) is 19.0. The Bertz CT molecular complexity index is 1240. The zero-order valence-corrected chi connectivity index (χ0v) is 17.2. The Labute approximate surface area is 174 Å². The molecule has 2 heterocycles. The number of imidazole rings is 1. The van der Waals surface area contributed by atoms with E-state index in [2.05, 4.69) is 9.97 Å². The van der Waals surface area contributed by atoms with Crippen LogP contribution in [0.5, 0.6) is 0 Å². The number of anilines is 1. The minimum absolute atomic E-state index is 0.0495. The first-order chi connectivity index (χ1) is 14.5. The van der Waals surface area contributed by atoms with Crippen LogP contribution in [0.3, 0.4) is 0 Å². The fraction of sp³-hybridized carbons (Fsp3) is 0.217. The molecule has 0 N–H and O–H groups in total. The first-order valence-electron chi connectivity index (χ1n) is 9.82. The Balaban J connectivity index is 1.73. The fourth-order valence-corrected chi connectivity index (χ4v) is 3.59. The molecule has 0 aliphatic heterocycles. The van der Waals surface area contributed by atoms with Crippen molar-refractivity contribution in [2.45, 2.75) is 26.4 Å². The predicted molar refractivity (Wildman–Crippen MR) is 117 cm³/mol. The van der Waals surface area contributed by atoms with Crippen LogP contribution in [-0.4, -0.2) is 31.1 Å². The number of fused-ring (bicyclic) bond motifs is 1. The molecular weight excluding hydrogens is 378 g/mol. The molecule has 1 amide bonds. The number of para-hydroxylation sites is 1. The number of carbonyl (C=O) groups is 1. The third kappa shape index (κ3) is 3.50. The maximum atomic E-state index is 13.2. The van der Waals surface area contributed by atoms with E-state index in [1.165, 1.54) is 9.13 Å². The highest BCUT2D eigenvalue weighted by atomic mass is 16.2. The SMILES string of the molecule is CC(C)N(C(=O)Cn1c(=O)n(C)c2nc(-c3ccccc3)ncc21)c1ccccc1. The van der Waals surface area contributed by atoms with Gasteiger partial charge in [-0.25, -0.2) is 14.8 Å². The van der Waals surface area contributed by atoms with Crippen molar-refractivity contribution in [2.75, 3.05) is 4.90 Å². The molecule has 0 unspecified atom stereocenters. The fourth-order valence-electron chi connectivity index (χ4n) is 3.59. The molecule has 30 heavy (non-hydrogen) atoms. The second-order valence-corrected chi connectivity index (χ2v) is 7.39. The van der Waals surface area contributed by atoms with Gasteiger partial charge >= 0.3 is 5.69 Å². The first kappa shape index (κ1) is 19.6. The van der Waals surface area contributed by atoms with Crippen LogP contribution < -0.4 is 10.6 Å². The average Bonchev–Trinajstić information content (AvgIpc) is 2.99. The van der Waals surface area contributed by atoms with E-state index in [0.717, 1.165) is 11.3 Å². The minimum Gasteiger partial charge on any atom is -0.308 e. The van der Waals surface area contributed by atoms with Gasteiger partial charge in [0.15, 0.2) is 11.5 Å². The molecule has 4 aromatic rings. The summed E-state index contributed by atoms with van der Waals surface area (Å²) in [7, 11) is 1.66. The van der Waals surface area contributed by atoms with E-state index in [9.17, 15) is 9.59 Å². The van der Waals surface area contributed by atoms with E-state index in [1.54, 1.807) is 18.1 Å². The normalized spacial score (nSPS) is 11.2. The first-order valence-corrected chi connectivity index (χ1v) is 9.82. The van der Waals surface area contributed by atoms with Crippen molar-refractivity contribution in [2.24, 2.45) is 7.05 Å². The van der Waals surface area contributed by atoms with Gasteiger partial charge in [0, 0.05) is 24.3 Å². The molecular formula is C23H23N5O2. The highest BCUT2D eigenvalue weighted by molar-refractivity contribution is 5.94. The highest BCUT2D eigenvalue weighted by Crippen LogP contribution is 2.20. The molecule has 0 bridgehead atoms. The lowest BCUT2D eigenvalue weighted by Gasteiger charge is -2.27. The molecule has 0 atom stereocenters. The van der Waals surface area contributed by atoms with Crippen molar-refractivity contribution < 1.29 is 4.79 Å². The van der Waals surface area contributed by atoms with E-state index < -0.39 is 0 Å². The summed E-state index contributed by atoms with van der Waals surface area (Å²) >= 11 is 0. The molecule has 2 aromatic heterocycles. The molecule has 0 radical (unpaired) electrons. The van der Waals surface area contributed by atoms with Gasteiger partial charge in [0.05, 0.1) is 6.20 Å². The van der Waals surface area contributed by atoms with Gasteiger partial charge in [-0.2, -0.15) is 0 Å². The van der Waals surface area contributed by atoms with Crippen LogP contribution in [0.4, 0.5) is 5.69 Å². The van der Waals surface area contributed by atoms with Crippen LogP contribution >= 0.6 is 0 Å². The van der Waals surface area contributed by atoms with Gasteiger partial charge in [-0.15, -0.1) is 0 Å². The number of aryl methyl sites for hydroxylation is 1. The standard InChI is InChI=1S/C23H23N5O2/c1-16(2)28(18-12-8-5-9-13-18)20(29)15-27-19-14-24-21(17-10-6-4-7-11-17)25-22(19)26(3)23(27)30/h4-14,16H,15H2,1-3H3. The largest absolute Gasteiger partial charge is 0.330 e. The number of amides is 1. The van der Waals surface area contributed by atoms with Gasteiger partial charge in [-0.3, -0.25) is 13.9 Å². The molecule has 0 saturated carbocycles. The highest BCUT2D eigenvalue weighted by Gasteiger charge is 2.22. The number of nitrogens with zero attached hydrogens (tertiary/aromatic N) is 5. The lowest BCUT2D eigenvalue weighted by atomic mass is 10.2. The average molecular weight is 401 g/mol. The molecule has 7 heteroatoms. The second-order valence-electron chi connectivity index (χ2n) is 7.39. The molecule has 0 spiro atoms. The zero-order chi connectivity index (χ0) is 21.3. The van der Waals surface area contributed by atoms with Gasteiger partial charge in [0.25, 0.3) is 0 Å². The summed E-state index contributed by atoms with van der Waals surface area (Å²) in [6.07, 6.45) is 1.61. The van der Waals surface area contributed by atoms with Crippen molar-refractivity contribution in [3.63, 3.8) is 0 Å². The third-order valence-electron chi connectivity index (χ3n) is 5.02. The lowest BCUT2D eigenvalue weighted by Crippen LogP contribution is -2.41. The van der Waals surface area contributed by atoms with Gasteiger partial charge in [-0.05, 0) is 26.0 Å². The van der Waals surface area contributed by atoms with E-state index in [1.807, 2.05) is 74.5 Å². The Morgan fingerprint density at radius 1 is 1.03 bits per heavy atom. The lowest BCUT2D eigenvalue weighted by molar-refractivity contribution is -0.119. The summed E-state index contributed by atoms with van der Waals surface area (Å²) in [5.74, 6) is 0.369. The molecule has 0 saturated heterocycles. The van der Waals surface area contributed by atoms with Crippen molar-refractivity contribution in [3.8, 4) is 11.4 Å². The van der Waals surface area contributed by atoms with Crippen molar-refractivity contribution in [3.05, 3.63) is 77.3 Å². The zero-order valence-electron chi connectivity index (χ0n) is 17.2. The van der Waals surface area contributed by atoms with Crippen LogP contribution in [0, 0.1) is 0 Å². The molecule has 152 valence electrons. The minimum atomic E-state index is -0.297. The van der Waals surface area contributed by atoms with Crippen LogP contribution in [0.25, 0.3) is 22.6 Å². The Hall–Kier alpha value is -3.74. The number of hydrogen-bond acceptors (Lipinski definition) is 4. The van der Waals surface area contributed by atoms with Gasteiger partial charge in [0.2, 0.25) is 5.91 Å². The number of rotatable bonds is 5. The molecule has 7 nitrogen and oxygen atoms in total. The topological polar surface area (TPSA) is 73.0 Å². The van der Waals surface area contributed by atoms with Crippen LogP contribution in [0.15, 0.2) is 71.7 Å². The van der Waals surface area contributed by atoms with Gasteiger partial charge < -0.3 is 4.90 Å². The molecule has 4 rings (SSSR count). The second kappa shape index (κ2) is 7.94. The van der Waals surface area contributed by atoms with Gasteiger partial charge in [0.1, 0.15) is 12.1 Å². The van der Waals surface area contributed by atoms with Crippen LogP contribution in [0.2, 0.25) is 0 Å². The van der Waals surface area contributed by atoms with E-state index >= 15 is 0 Å². The van der Waals surface area contributed by atoms with Crippen LogP contribution in [-0.2, 0) is 18.4 Å². The van der Waals surface area contributed by atoms with E-state index in [4.69, 9.17) is 0 Å². The van der Waals surface area contributed by atoms with Crippen molar-refractivity contribution in [1.82, 2.24) is 19.1 Å². The number of carbonyl (C=O) groups excluding carboxylic acids is 1. The molecule has 0 fully saturated rings. The number of hydrogen-bond donors (Lipinski definition) is 0. The summed E-state index contributed by atoms with van der Waals surface area (Å²) in [6.45, 7) is 3.81. The maximum Gasteiger partial charge on any atom is 0.330 e. The van der Waals surface area contributed by atoms with Crippen molar-refractivity contribution >= 4 is 22.8 Å². The Kier molecular flexibility index (Phi) is 5.18. The molecule has 0 aliphatic carbocycles. The smallest absolute Gasteiger partial charge is 0.308 e.